The normalized spacial score (nSPS) is 13.2. The molecule has 76 valence electrons. The second-order valence-corrected chi connectivity index (χ2v) is 3.03. The number of ether oxygens (including phenoxy) is 1. The molecule has 1 N–H and O–H groups in total. The van der Waals surface area contributed by atoms with Crippen molar-refractivity contribution in [3.63, 3.8) is 0 Å². The Kier molecular flexibility index (Phi) is 4.72. The first kappa shape index (κ1) is 10.7. The molecule has 3 nitrogen and oxygen atoms in total. The van der Waals surface area contributed by atoms with Gasteiger partial charge in [0.2, 0.25) is 0 Å². The summed E-state index contributed by atoms with van der Waals surface area (Å²) in [5.74, 6) is 0. The van der Waals surface area contributed by atoms with Gasteiger partial charge in [-0.3, -0.25) is 4.79 Å². The van der Waals surface area contributed by atoms with E-state index >= 15 is 0 Å². The molecule has 0 radical (unpaired) electrons. The highest BCUT2D eigenvalue weighted by molar-refractivity contribution is 5.36. The highest BCUT2D eigenvalue weighted by Crippen LogP contribution is 2.11. The lowest BCUT2D eigenvalue weighted by molar-refractivity contribution is -0.126. The first-order valence-corrected chi connectivity index (χ1v) is 4.62. The minimum Gasteiger partial charge on any atom is -0.471 e. The fraction of sp³-hybridized carbons (Fsp3) is 0.364. The molecule has 1 aliphatic rings. The van der Waals surface area contributed by atoms with Crippen LogP contribution in [0.5, 0.6) is 0 Å². The van der Waals surface area contributed by atoms with Crippen LogP contribution in [0.1, 0.15) is 11.1 Å². The number of nitrogens with one attached hydrogen (secondary N) is 1. The van der Waals surface area contributed by atoms with Crippen LogP contribution in [0.3, 0.4) is 0 Å². The van der Waals surface area contributed by atoms with Crippen LogP contribution in [0, 0.1) is 0 Å². The number of hydrogen-bond acceptors (Lipinski definition) is 3. The summed E-state index contributed by atoms with van der Waals surface area (Å²) in [4.78, 5) is 8.95. The van der Waals surface area contributed by atoms with Gasteiger partial charge >= 0.3 is 0 Å². The maximum atomic E-state index is 8.95. The summed E-state index contributed by atoms with van der Waals surface area (Å²) in [6.07, 6.45) is 1.19. The number of carbonyl (C=O) groups is 1. The largest absolute Gasteiger partial charge is 0.471 e. The predicted octanol–water partition coefficient (Wildman–Crippen LogP) is 1.12. The number of fused-ring (bicyclic) bond motifs is 1. The minimum absolute atomic E-state index is 0.375. The molecule has 1 aliphatic heterocycles. The summed E-state index contributed by atoms with van der Waals surface area (Å²) in [7, 11) is 1.31. The third-order valence-electron chi connectivity index (χ3n) is 2.10. The molecule has 3 heteroatoms. The first-order chi connectivity index (χ1) is 6.88. The molecule has 0 atom stereocenters. The van der Waals surface area contributed by atoms with Crippen molar-refractivity contribution in [2.45, 2.75) is 13.0 Å². The van der Waals surface area contributed by atoms with Crippen molar-refractivity contribution in [1.82, 2.24) is 5.32 Å². The van der Waals surface area contributed by atoms with Crippen LogP contribution in [-0.2, 0) is 22.5 Å². The molecule has 0 aliphatic carbocycles. The highest BCUT2D eigenvalue weighted by atomic mass is 16.5. The predicted molar refractivity (Wildman–Crippen MR) is 54.9 cm³/mol. The van der Waals surface area contributed by atoms with Crippen molar-refractivity contribution in [2.75, 3.05) is 13.7 Å². The van der Waals surface area contributed by atoms with E-state index in [0.717, 1.165) is 13.1 Å². The summed E-state index contributed by atoms with van der Waals surface area (Å²) in [6, 6.07) is 8.63. The summed E-state index contributed by atoms with van der Waals surface area (Å²) in [6.45, 7) is 2.56. The average molecular weight is 193 g/mol. The standard InChI is InChI=1S/C9H11N.C2H4O2/c1-2-4-9-7-10-6-5-8(9)3-1;1-4-2-3/h1-4,10H,5-7H2;2H,1H3. The van der Waals surface area contributed by atoms with Crippen molar-refractivity contribution in [3.8, 4) is 0 Å². The van der Waals surface area contributed by atoms with E-state index in [1.54, 1.807) is 0 Å². The van der Waals surface area contributed by atoms with E-state index in [0.29, 0.717) is 6.47 Å². The van der Waals surface area contributed by atoms with Gasteiger partial charge in [-0.1, -0.05) is 24.3 Å². The Bertz CT molecular complexity index is 261. The molecule has 1 heterocycles. The summed E-state index contributed by atoms with van der Waals surface area (Å²) in [5, 5.41) is 3.34. The monoisotopic (exact) mass is 193 g/mol. The van der Waals surface area contributed by atoms with Crippen molar-refractivity contribution < 1.29 is 9.53 Å². The molecule has 14 heavy (non-hydrogen) atoms. The average Bonchev–Trinajstić information content (AvgIpc) is 2.30. The van der Waals surface area contributed by atoms with Crippen LogP contribution in [0.25, 0.3) is 0 Å². The molecule has 0 amide bonds. The zero-order chi connectivity index (χ0) is 10.2. The topological polar surface area (TPSA) is 38.3 Å². The Balaban J connectivity index is 0.000000213. The van der Waals surface area contributed by atoms with Gasteiger partial charge in [-0.2, -0.15) is 0 Å². The van der Waals surface area contributed by atoms with E-state index in [2.05, 4.69) is 34.3 Å². The summed E-state index contributed by atoms with van der Waals surface area (Å²) < 4.78 is 3.86. The maximum Gasteiger partial charge on any atom is 0.292 e. The minimum atomic E-state index is 0.375. The van der Waals surface area contributed by atoms with E-state index in [9.17, 15) is 0 Å². The zero-order valence-corrected chi connectivity index (χ0v) is 8.32. The highest BCUT2D eigenvalue weighted by Gasteiger charge is 2.05. The Hall–Kier alpha value is -1.35. The fourth-order valence-electron chi connectivity index (χ4n) is 1.42. The number of methoxy groups -OCH3 is 1. The van der Waals surface area contributed by atoms with Gasteiger partial charge in [-0.05, 0) is 24.1 Å². The van der Waals surface area contributed by atoms with Crippen LogP contribution in [0.4, 0.5) is 0 Å². The van der Waals surface area contributed by atoms with Crippen LogP contribution in [-0.4, -0.2) is 20.1 Å². The van der Waals surface area contributed by atoms with Crippen molar-refractivity contribution in [1.29, 1.82) is 0 Å². The lowest BCUT2D eigenvalue weighted by atomic mass is 10.0. The maximum absolute atomic E-state index is 8.95. The van der Waals surface area contributed by atoms with Crippen LogP contribution in [0.2, 0.25) is 0 Å². The van der Waals surface area contributed by atoms with E-state index in [4.69, 9.17) is 4.79 Å². The second kappa shape index (κ2) is 6.16. The third kappa shape index (κ3) is 3.18. The smallest absolute Gasteiger partial charge is 0.292 e. The summed E-state index contributed by atoms with van der Waals surface area (Å²) >= 11 is 0. The van der Waals surface area contributed by atoms with Gasteiger partial charge in [0.1, 0.15) is 0 Å². The van der Waals surface area contributed by atoms with Gasteiger partial charge in [0.05, 0.1) is 7.11 Å². The van der Waals surface area contributed by atoms with E-state index in [1.807, 2.05) is 0 Å². The number of carbonyl (C=O) groups excluding carboxylic acids is 1. The molecule has 0 saturated carbocycles. The lowest BCUT2D eigenvalue weighted by Gasteiger charge is -2.15. The van der Waals surface area contributed by atoms with Crippen LogP contribution >= 0.6 is 0 Å². The Morgan fingerprint density at radius 1 is 1.36 bits per heavy atom. The number of hydrogen-bond donors (Lipinski definition) is 1. The molecule has 2 rings (SSSR count). The van der Waals surface area contributed by atoms with Crippen LogP contribution < -0.4 is 5.32 Å². The van der Waals surface area contributed by atoms with E-state index in [1.165, 1.54) is 24.7 Å². The van der Waals surface area contributed by atoms with E-state index < -0.39 is 0 Å². The first-order valence-electron chi connectivity index (χ1n) is 4.62. The van der Waals surface area contributed by atoms with Gasteiger partial charge in [0.15, 0.2) is 0 Å². The molecule has 0 aromatic heterocycles. The molecule has 1 aromatic rings. The van der Waals surface area contributed by atoms with Crippen molar-refractivity contribution in [2.24, 2.45) is 0 Å². The zero-order valence-electron chi connectivity index (χ0n) is 8.32. The van der Waals surface area contributed by atoms with Crippen molar-refractivity contribution >= 4 is 6.47 Å². The molecule has 0 bridgehead atoms. The quantitative estimate of drug-likeness (QED) is 0.679. The summed E-state index contributed by atoms with van der Waals surface area (Å²) in [5.41, 5.74) is 2.98. The van der Waals surface area contributed by atoms with Gasteiger partial charge in [-0.15, -0.1) is 0 Å². The second-order valence-electron chi connectivity index (χ2n) is 3.03. The molecule has 0 fully saturated rings. The third-order valence-corrected chi connectivity index (χ3v) is 2.10. The SMILES string of the molecule is COC=O.c1ccc2c(c1)CCNC2. The Morgan fingerprint density at radius 3 is 2.57 bits per heavy atom. The number of benzene rings is 1. The van der Waals surface area contributed by atoms with Crippen LogP contribution in [0.15, 0.2) is 24.3 Å². The molecular weight excluding hydrogens is 178 g/mol. The van der Waals surface area contributed by atoms with Gasteiger partial charge < -0.3 is 10.1 Å². The van der Waals surface area contributed by atoms with Gasteiger partial charge in [0.25, 0.3) is 6.47 Å². The van der Waals surface area contributed by atoms with E-state index in [-0.39, 0.29) is 0 Å². The number of rotatable bonds is 1. The van der Waals surface area contributed by atoms with Gasteiger partial charge in [-0.25, -0.2) is 0 Å². The van der Waals surface area contributed by atoms with Crippen molar-refractivity contribution in [3.05, 3.63) is 35.4 Å². The molecular formula is C11H15NO2. The van der Waals surface area contributed by atoms with Gasteiger partial charge in [0, 0.05) is 6.54 Å². The molecule has 1 aromatic carbocycles. The Labute approximate surface area is 84.1 Å². The molecule has 0 unspecified atom stereocenters. The fourth-order valence-corrected chi connectivity index (χ4v) is 1.42. The molecule has 0 saturated heterocycles. The lowest BCUT2D eigenvalue weighted by Crippen LogP contribution is -2.23. The Morgan fingerprint density at radius 2 is 2.00 bits per heavy atom. The molecule has 0 spiro atoms.